The van der Waals surface area contributed by atoms with E-state index in [9.17, 15) is 40.7 Å². The molecular weight excluding hydrogens is 490 g/mol. The van der Waals surface area contributed by atoms with Gasteiger partial charge in [-0.3, -0.25) is 19.3 Å². The molecular formula is C21H18F6N2O6. The van der Waals surface area contributed by atoms with E-state index >= 15 is 0 Å². The summed E-state index contributed by atoms with van der Waals surface area (Å²) < 4.78 is 83.4. The maximum absolute atomic E-state index is 13.0. The van der Waals surface area contributed by atoms with Crippen LogP contribution in [-0.2, 0) is 43.0 Å². The second-order valence-electron chi connectivity index (χ2n) is 6.78. The molecule has 0 aliphatic heterocycles. The van der Waals surface area contributed by atoms with Crippen LogP contribution in [0.15, 0.2) is 48.5 Å². The van der Waals surface area contributed by atoms with Gasteiger partial charge in [0.15, 0.2) is 6.10 Å². The Labute approximate surface area is 194 Å². The number of halogens is 6. The molecule has 0 aromatic heterocycles. The van der Waals surface area contributed by atoms with Crippen molar-refractivity contribution in [3.63, 3.8) is 0 Å². The van der Waals surface area contributed by atoms with Crippen LogP contribution in [0.5, 0.6) is 0 Å². The number of nitrogens with one attached hydrogen (secondary N) is 2. The van der Waals surface area contributed by atoms with Gasteiger partial charge < -0.3 is 9.53 Å². The van der Waals surface area contributed by atoms with Crippen molar-refractivity contribution in [1.29, 1.82) is 0 Å². The van der Waals surface area contributed by atoms with Crippen molar-refractivity contribution in [2.24, 2.45) is 0 Å². The summed E-state index contributed by atoms with van der Waals surface area (Å²) in [6, 6.07) is 8.85. The number of hydroxylamine groups is 2. The molecule has 190 valence electrons. The van der Waals surface area contributed by atoms with Gasteiger partial charge in [-0.05, 0) is 23.8 Å². The lowest BCUT2D eigenvalue weighted by Crippen LogP contribution is -2.43. The number of ether oxygens (including phenoxy) is 1. The second-order valence-corrected chi connectivity index (χ2v) is 6.78. The Morgan fingerprint density at radius 3 is 2.06 bits per heavy atom. The third-order valence-corrected chi connectivity index (χ3v) is 4.14. The Bertz CT molecular complexity index is 981. The summed E-state index contributed by atoms with van der Waals surface area (Å²) in [7, 11) is 0. The number of hydrogen-bond acceptors (Lipinski definition) is 6. The maximum atomic E-state index is 13.0. The van der Waals surface area contributed by atoms with E-state index in [0.717, 1.165) is 0 Å². The average molecular weight is 508 g/mol. The minimum Gasteiger partial charge on any atom is -0.373 e. The van der Waals surface area contributed by atoms with Crippen LogP contribution in [0.2, 0.25) is 0 Å². The van der Waals surface area contributed by atoms with Crippen molar-refractivity contribution in [1.82, 2.24) is 11.0 Å². The van der Waals surface area contributed by atoms with Crippen molar-refractivity contribution in [2.45, 2.75) is 25.1 Å². The van der Waals surface area contributed by atoms with E-state index in [0.29, 0.717) is 11.8 Å². The van der Waals surface area contributed by atoms with Crippen LogP contribution in [0.25, 0.3) is 0 Å². The first-order valence-electron chi connectivity index (χ1n) is 9.64. The van der Waals surface area contributed by atoms with Crippen LogP contribution in [0.3, 0.4) is 0 Å². The van der Waals surface area contributed by atoms with Gasteiger partial charge in [-0.2, -0.15) is 26.3 Å². The lowest BCUT2D eigenvalue weighted by atomic mass is 10.0. The van der Waals surface area contributed by atoms with Crippen molar-refractivity contribution in [2.75, 3.05) is 13.2 Å². The van der Waals surface area contributed by atoms with E-state index in [1.807, 2.05) is 5.48 Å². The highest BCUT2D eigenvalue weighted by Crippen LogP contribution is 2.36. The van der Waals surface area contributed by atoms with Gasteiger partial charge >= 0.3 is 12.4 Å². The topological polar surface area (TPSA) is 103 Å². The molecule has 0 bridgehead atoms. The van der Waals surface area contributed by atoms with Crippen molar-refractivity contribution >= 4 is 18.1 Å². The molecule has 2 N–H and O–H groups in total. The van der Waals surface area contributed by atoms with Crippen LogP contribution in [0.4, 0.5) is 26.3 Å². The lowest BCUT2D eigenvalue weighted by Gasteiger charge is -2.18. The van der Waals surface area contributed by atoms with Crippen molar-refractivity contribution in [3.05, 3.63) is 70.8 Å². The minimum atomic E-state index is -5.17. The first-order chi connectivity index (χ1) is 16.4. The van der Waals surface area contributed by atoms with Gasteiger partial charge in [-0.25, -0.2) is 11.0 Å². The Morgan fingerprint density at radius 1 is 0.914 bits per heavy atom. The fourth-order valence-corrected chi connectivity index (χ4v) is 2.50. The highest BCUT2D eigenvalue weighted by molar-refractivity contribution is 5.94. The van der Waals surface area contributed by atoms with Gasteiger partial charge in [0.25, 0.3) is 11.8 Å². The van der Waals surface area contributed by atoms with E-state index in [1.165, 1.54) is 0 Å². The fourth-order valence-electron chi connectivity index (χ4n) is 2.50. The first kappa shape index (κ1) is 27.8. The quantitative estimate of drug-likeness (QED) is 0.209. The monoisotopic (exact) mass is 508 g/mol. The zero-order valence-corrected chi connectivity index (χ0v) is 17.6. The summed E-state index contributed by atoms with van der Waals surface area (Å²) in [6.45, 7) is -1.04. The molecule has 8 nitrogen and oxygen atoms in total. The molecule has 2 rings (SSSR count). The fraction of sp³-hybridized carbons (Fsp3) is 0.286. The summed E-state index contributed by atoms with van der Waals surface area (Å²) in [5.74, 6) is -2.54. The number of hydrogen-bond donors (Lipinski definition) is 2. The van der Waals surface area contributed by atoms with E-state index in [4.69, 9.17) is 9.57 Å². The Morgan fingerprint density at radius 2 is 1.51 bits per heavy atom. The predicted octanol–water partition coefficient (Wildman–Crippen LogP) is 3.22. The van der Waals surface area contributed by atoms with Gasteiger partial charge in [0.1, 0.15) is 12.9 Å². The van der Waals surface area contributed by atoms with E-state index in [1.54, 1.807) is 35.8 Å². The molecule has 2 aromatic carbocycles. The van der Waals surface area contributed by atoms with E-state index < -0.39 is 60.2 Å². The molecule has 1 atom stereocenters. The summed E-state index contributed by atoms with van der Waals surface area (Å²) in [6.07, 6.45) is -11.7. The van der Waals surface area contributed by atoms with Crippen LogP contribution < -0.4 is 11.0 Å². The zero-order valence-electron chi connectivity index (χ0n) is 17.6. The Balaban J connectivity index is 2.13. The highest BCUT2D eigenvalue weighted by atomic mass is 19.4. The number of carbonyl (C=O) groups is 3. The molecule has 2 amide bonds. The van der Waals surface area contributed by atoms with Gasteiger partial charge in [-0.15, -0.1) is 0 Å². The summed E-state index contributed by atoms with van der Waals surface area (Å²) in [4.78, 5) is 44.1. The van der Waals surface area contributed by atoms with Crippen LogP contribution in [-0.4, -0.2) is 37.4 Å². The number of aldehydes is 1. The van der Waals surface area contributed by atoms with Gasteiger partial charge in [0, 0.05) is 5.56 Å². The van der Waals surface area contributed by atoms with Crippen molar-refractivity contribution < 1.29 is 55.1 Å². The second kappa shape index (κ2) is 12.3. The normalized spacial score (nSPS) is 12.6. The predicted molar refractivity (Wildman–Crippen MR) is 105 cm³/mol. The SMILES string of the molecule is O=CCONC(=O)C(COCc1ccccc1)ONC(=O)c1cc(C(F)(F)F)cc(C(F)(F)F)c1. The van der Waals surface area contributed by atoms with Crippen LogP contribution >= 0.6 is 0 Å². The molecule has 35 heavy (non-hydrogen) atoms. The molecule has 1 unspecified atom stereocenters. The van der Waals surface area contributed by atoms with Gasteiger partial charge in [0.2, 0.25) is 0 Å². The summed E-state index contributed by atoms with van der Waals surface area (Å²) >= 11 is 0. The molecule has 0 fully saturated rings. The molecule has 0 radical (unpaired) electrons. The maximum Gasteiger partial charge on any atom is 0.416 e. The average Bonchev–Trinajstić information content (AvgIpc) is 2.80. The number of amides is 2. The summed E-state index contributed by atoms with van der Waals surface area (Å²) in [5, 5.41) is 0. The molecule has 14 heteroatoms. The minimum absolute atomic E-state index is 0.000306. The summed E-state index contributed by atoms with van der Waals surface area (Å²) in [5.41, 5.74) is -0.264. The largest absolute Gasteiger partial charge is 0.416 e. The van der Waals surface area contributed by atoms with Crippen LogP contribution in [0.1, 0.15) is 27.0 Å². The third kappa shape index (κ3) is 8.99. The number of alkyl halides is 6. The standard InChI is InChI=1S/C21H18F6N2O6/c22-20(23,24)15-8-14(9-16(10-15)21(25,26)27)18(31)29-35-17(19(32)28-34-7-6-30)12-33-11-13-4-2-1-3-5-13/h1-6,8-10,17H,7,11-12H2,(H,28,32)(H,29,31). The zero-order chi connectivity index (χ0) is 26.1. The van der Waals surface area contributed by atoms with Gasteiger partial charge in [-0.1, -0.05) is 30.3 Å². The molecule has 0 heterocycles. The molecule has 0 spiro atoms. The first-order valence-corrected chi connectivity index (χ1v) is 9.64. The Kier molecular flexibility index (Phi) is 9.74. The van der Waals surface area contributed by atoms with Crippen molar-refractivity contribution in [3.8, 4) is 0 Å². The van der Waals surface area contributed by atoms with E-state index in [2.05, 4.69) is 4.84 Å². The molecule has 0 aliphatic rings. The molecule has 0 saturated carbocycles. The highest BCUT2D eigenvalue weighted by Gasteiger charge is 2.37. The lowest BCUT2D eigenvalue weighted by molar-refractivity contribution is -0.155. The molecule has 0 aliphatic carbocycles. The van der Waals surface area contributed by atoms with E-state index in [-0.39, 0.29) is 24.8 Å². The number of rotatable bonds is 11. The smallest absolute Gasteiger partial charge is 0.373 e. The Hall–Kier alpha value is -3.49. The van der Waals surface area contributed by atoms with Gasteiger partial charge in [0.05, 0.1) is 24.3 Å². The molecule has 0 saturated heterocycles. The number of benzene rings is 2. The number of carbonyl (C=O) groups excluding carboxylic acids is 3. The third-order valence-electron chi connectivity index (χ3n) is 4.14. The van der Waals surface area contributed by atoms with Crippen LogP contribution in [0, 0.1) is 0 Å². The molecule has 2 aromatic rings.